The van der Waals surface area contributed by atoms with E-state index in [4.69, 9.17) is 5.73 Å². The lowest BCUT2D eigenvalue weighted by molar-refractivity contribution is -0.120. The summed E-state index contributed by atoms with van der Waals surface area (Å²) in [6, 6.07) is 18.7. The molecule has 3 aromatic carbocycles. The fraction of sp³-hybridized carbons (Fsp3) is 0.286. The van der Waals surface area contributed by atoms with E-state index < -0.39 is 12.0 Å². The van der Waals surface area contributed by atoms with Crippen LogP contribution in [0.1, 0.15) is 52.6 Å². The maximum atomic E-state index is 12.5. The summed E-state index contributed by atoms with van der Waals surface area (Å²) in [5.74, 6) is -0.812. The first-order chi connectivity index (χ1) is 17.0. The molecule has 1 atom stereocenters. The van der Waals surface area contributed by atoms with Crippen molar-refractivity contribution >= 4 is 11.8 Å². The van der Waals surface area contributed by atoms with Crippen molar-refractivity contribution in [2.24, 2.45) is 5.73 Å². The highest BCUT2D eigenvalue weighted by molar-refractivity contribution is 5.92. The molecule has 0 aliphatic carbocycles. The highest BCUT2D eigenvalue weighted by Crippen LogP contribution is 2.25. The predicted octanol–water partition coefficient (Wildman–Crippen LogP) is 2.70. The quantitative estimate of drug-likeness (QED) is 0.243. The van der Waals surface area contributed by atoms with E-state index in [1.807, 2.05) is 38.1 Å². The summed E-state index contributed by atoms with van der Waals surface area (Å²) in [5.41, 5.74) is 8.54. The van der Waals surface area contributed by atoms with E-state index >= 15 is 0 Å². The number of benzene rings is 3. The number of aromatic hydroxyl groups is 2. The minimum atomic E-state index is -0.899. The number of carbonyl (C=O) groups excluding carboxylic acids is 2. The van der Waals surface area contributed by atoms with Crippen molar-refractivity contribution < 1.29 is 24.9 Å². The molecule has 0 heterocycles. The van der Waals surface area contributed by atoms with Gasteiger partial charge in [0.2, 0.25) is 11.8 Å². The van der Waals surface area contributed by atoms with Gasteiger partial charge in [0.05, 0.1) is 12.5 Å². The van der Waals surface area contributed by atoms with Crippen molar-refractivity contribution in [2.75, 3.05) is 6.54 Å². The average Bonchev–Trinajstić information content (AvgIpc) is 2.81. The molecule has 3 aromatic rings. The van der Waals surface area contributed by atoms with Crippen LogP contribution in [0.5, 0.6) is 11.5 Å². The van der Waals surface area contributed by atoms with Gasteiger partial charge >= 0.3 is 0 Å². The molecule has 8 nitrogen and oxygen atoms in total. The molecule has 0 radical (unpaired) electrons. The number of carbonyl (C=O) groups is 2. The van der Waals surface area contributed by atoms with Crippen LogP contribution in [0.3, 0.4) is 0 Å². The van der Waals surface area contributed by atoms with Gasteiger partial charge in [0.1, 0.15) is 11.5 Å². The van der Waals surface area contributed by atoms with Gasteiger partial charge in [-0.25, -0.2) is 0 Å². The zero-order chi connectivity index (χ0) is 26.3. The molecule has 0 aromatic heterocycles. The van der Waals surface area contributed by atoms with Crippen LogP contribution in [0, 0.1) is 0 Å². The highest BCUT2D eigenvalue weighted by Gasteiger charge is 2.20. The van der Waals surface area contributed by atoms with E-state index in [1.54, 1.807) is 24.3 Å². The molecule has 2 amide bonds. The second-order valence-electron chi connectivity index (χ2n) is 9.57. The van der Waals surface area contributed by atoms with Crippen LogP contribution in [0.15, 0.2) is 66.7 Å². The van der Waals surface area contributed by atoms with Gasteiger partial charge < -0.3 is 31.7 Å². The zero-order valence-electron chi connectivity index (χ0n) is 20.5. The van der Waals surface area contributed by atoms with E-state index in [2.05, 4.69) is 10.6 Å². The van der Waals surface area contributed by atoms with E-state index in [9.17, 15) is 24.9 Å². The Bertz CT molecular complexity index is 1190. The molecular formula is C28H33N3O5. The standard InChI is InChI=1S/C28H33N3O5/c1-28(2,31-17-25(34)22-12-23(32)14-24(33)13-22)15-20-5-3-4-19(10-20)11-26(35)30-16-18-6-8-21(9-7-18)27(29)36/h3-10,12-14,25,31-34H,11,15-17H2,1-2H3,(H2,29,36)(H,30,35)/t25-/m0/s1. The molecule has 0 aliphatic rings. The number of phenols is 2. The molecule has 36 heavy (non-hydrogen) atoms. The third-order valence-electron chi connectivity index (χ3n) is 5.81. The number of primary amides is 1. The number of β-amino-alcohol motifs (C(OH)–C–C–N with tert-alkyl or cyclic N) is 1. The van der Waals surface area contributed by atoms with Crippen molar-refractivity contribution in [2.45, 2.75) is 44.9 Å². The Balaban J connectivity index is 1.51. The monoisotopic (exact) mass is 491 g/mol. The number of nitrogens with one attached hydrogen (secondary N) is 2. The van der Waals surface area contributed by atoms with Gasteiger partial charge in [0.25, 0.3) is 0 Å². The predicted molar refractivity (Wildman–Crippen MR) is 137 cm³/mol. The fourth-order valence-electron chi connectivity index (χ4n) is 3.96. The van der Waals surface area contributed by atoms with E-state index in [0.717, 1.165) is 16.7 Å². The van der Waals surface area contributed by atoms with Crippen molar-refractivity contribution in [1.82, 2.24) is 10.6 Å². The summed E-state index contributed by atoms with van der Waals surface area (Å²) in [4.78, 5) is 23.6. The Morgan fingerprint density at radius 3 is 2.19 bits per heavy atom. The maximum Gasteiger partial charge on any atom is 0.248 e. The molecule has 0 saturated carbocycles. The first-order valence-electron chi connectivity index (χ1n) is 11.7. The summed E-state index contributed by atoms with van der Waals surface area (Å²) >= 11 is 0. The zero-order valence-corrected chi connectivity index (χ0v) is 20.5. The molecule has 0 spiro atoms. The molecule has 0 aliphatic heterocycles. The molecule has 0 unspecified atom stereocenters. The largest absolute Gasteiger partial charge is 0.508 e. The minimum Gasteiger partial charge on any atom is -0.508 e. The van der Waals surface area contributed by atoms with Crippen molar-refractivity contribution in [1.29, 1.82) is 0 Å². The van der Waals surface area contributed by atoms with Crippen LogP contribution in [-0.4, -0.2) is 39.2 Å². The summed E-state index contributed by atoms with van der Waals surface area (Å²) in [6.07, 6.45) is -0.00251. The molecule has 8 heteroatoms. The number of aliphatic hydroxyl groups excluding tert-OH is 1. The topological polar surface area (TPSA) is 145 Å². The Morgan fingerprint density at radius 2 is 1.56 bits per heavy atom. The van der Waals surface area contributed by atoms with Gasteiger partial charge in [-0.05, 0) is 66.8 Å². The van der Waals surface area contributed by atoms with Gasteiger partial charge in [-0.2, -0.15) is 0 Å². The van der Waals surface area contributed by atoms with Gasteiger partial charge in [-0.1, -0.05) is 36.4 Å². The van der Waals surface area contributed by atoms with Crippen molar-refractivity contribution in [3.63, 3.8) is 0 Å². The van der Waals surface area contributed by atoms with Crippen LogP contribution in [-0.2, 0) is 24.2 Å². The Morgan fingerprint density at radius 1 is 0.917 bits per heavy atom. The van der Waals surface area contributed by atoms with Crippen LogP contribution in [0.25, 0.3) is 0 Å². The molecule has 7 N–H and O–H groups in total. The van der Waals surface area contributed by atoms with E-state index in [1.165, 1.54) is 18.2 Å². The second-order valence-corrected chi connectivity index (χ2v) is 9.57. The Kier molecular flexibility index (Phi) is 8.68. The fourth-order valence-corrected chi connectivity index (χ4v) is 3.96. The van der Waals surface area contributed by atoms with Crippen LogP contribution >= 0.6 is 0 Å². The van der Waals surface area contributed by atoms with Crippen LogP contribution in [0.4, 0.5) is 0 Å². The smallest absolute Gasteiger partial charge is 0.248 e. The lowest BCUT2D eigenvalue weighted by atomic mass is 9.93. The summed E-state index contributed by atoms with van der Waals surface area (Å²) in [7, 11) is 0. The number of aliphatic hydroxyl groups is 1. The number of hydrogen-bond donors (Lipinski definition) is 6. The minimum absolute atomic E-state index is 0.106. The number of hydrogen-bond acceptors (Lipinski definition) is 6. The lowest BCUT2D eigenvalue weighted by Gasteiger charge is -2.28. The van der Waals surface area contributed by atoms with Crippen molar-refractivity contribution in [3.8, 4) is 11.5 Å². The number of nitrogens with two attached hydrogens (primary N) is 1. The second kappa shape index (κ2) is 11.7. The summed E-state index contributed by atoms with van der Waals surface area (Å²) in [5, 5.41) is 36.0. The summed E-state index contributed by atoms with van der Waals surface area (Å²) < 4.78 is 0. The van der Waals surface area contributed by atoms with Crippen molar-refractivity contribution in [3.05, 3.63) is 94.5 Å². The molecule has 3 rings (SSSR count). The SMILES string of the molecule is CC(C)(Cc1cccc(CC(=O)NCc2ccc(C(N)=O)cc2)c1)NC[C@H](O)c1cc(O)cc(O)c1. The van der Waals surface area contributed by atoms with E-state index in [0.29, 0.717) is 24.1 Å². The highest BCUT2D eigenvalue weighted by atomic mass is 16.3. The Labute approximate surface area is 210 Å². The first-order valence-corrected chi connectivity index (χ1v) is 11.7. The molecule has 0 saturated heterocycles. The number of amides is 2. The molecule has 0 fully saturated rings. The molecule has 0 bridgehead atoms. The number of phenolic OH excluding ortho intramolecular Hbond substituents is 2. The third-order valence-corrected chi connectivity index (χ3v) is 5.81. The Hall–Kier alpha value is -3.88. The summed E-state index contributed by atoms with van der Waals surface area (Å²) in [6.45, 7) is 4.62. The van der Waals surface area contributed by atoms with Crippen LogP contribution in [0.2, 0.25) is 0 Å². The van der Waals surface area contributed by atoms with E-state index in [-0.39, 0.29) is 35.9 Å². The first kappa shape index (κ1) is 26.7. The molecular weight excluding hydrogens is 458 g/mol. The third kappa shape index (κ3) is 8.11. The van der Waals surface area contributed by atoms with Crippen LogP contribution < -0.4 is 16.4 Å². The number of rotatable bonds is 11. The normalized spacial score (nSPS) is 12.2. The van der Waals surface area contributed by atoms with Gasteiger partial charge in [0.15, 0.2) is 0 Å². The average molecular weight is 492 g/mol. The van der Waals surface area contributed by atoms with Gasteiger partial charge in [-0.3, -0.25) is 9.59 Å². The van der Waals surface area contributed by atoms with Gasteiger partial charge in [-0.15, -0.1) is 0 Å². The maximum absolute atomic E-state index is 12.5. The molecule has 190 valence electrons. The van der Waals surface area contributed by atoms with Gasteiger partial charge in [0, 0.05) is 30.3 Å². The lowest BCUT2D eigenvalue weighted by Crippen LogP contribution is -2.43.